The average molecular weight is 232 g/mol. The zero-order chi connectivity index (χ0) is 13.1. The van der Waals surface area contributed by atoms with Gasteiger partial charge in [-0.3, -0.25) is 0 Å². The molecule has 1 aliphatic carbocycles. The molecule has 0 saturated heterocycles. The van der Waals surface area contributed by atoms with E-state index < -0.39 is 0 Å². The maximum Gasteiger partial charge on any atom is 0.0792 e. The van der Waals surface area contributed by atoms with E-state index in [4.69, 9.17) is 0 Å². The third-order valence-corrected chi connectivity index (χ3v) is 2.97. The minimum Gasteiger partial charge on any atom is -0.199 e. The second-order valence-electron chi connectivity index (χ2n) is 4.35. The Labute approximate surface area is 109 Å². The summed E-state index contributed by atoms with van der Waals surface area (Å²) in [4.78, 5) is 0. The van der Waals surface area contributed by atoms with Gasteiger partial charge in [0, 0.05) is 35.5 Å². The maximum atomic E-state index is 4.12. The van der Waals surface area contributed by atoms with Crippen molar-refractivity contribution in [3.63, 3.8) is 0 Å². The molecule has 0 heterocycles. The van der Waals surface area contributed by atoms with E-state index >= 15 is 0 Å². The van der Waals surface area contributed by atoms with Crippen molar-refractivity contribution in [2.75, 3.05) is 0 Å². The summed E-state index contributed by atoms with van der Waals surface area (Å²) >= 11 is 0. The van der Waals surface area contributed by atoms with Crippen LogP contribution in [0.5, 0.6) is 0 Å². The first-order chi connectivity index (χ1) is 8.58. The van der Waals surface area contributed by atoms with Gasteiger partial charge in [-0.2, -0.15) is 24.6 Å². The minimum absolute atomic E-state index is 0.937. The standard InChI is InChI=1S/C18H16/c1-13-5-9-17(10-6-13)15(3)16(4)18-11-7-14(2)8-12-18/h5-12H,1-4H2. The molecule has 1 aliphatic rings. The zero-order valence-electron chi connectivity index (χ0n) is 10.4. The van der Waals surface area contributed by atoms with Crippen molar-refractivity contribution >= 4 is 5.57 Å². The van der Waals surface area contributed by atoms with Gasteiger partial charge in [-0.15, -0.1) is 12.1 Å². The number of hydrogen-bond acceptors (Lipinski definition) is 0. The molecule has 0 aromatic heterocycles. The van der Waals surface area contributed by atoms with Gasteiger partial charge in [0.1, 0.15) is 0 Å². The van der Waals surface area contributed by atoms with Crippen LogP contribution in [0.15, 0.2) is 79.5 Å². The molecule has 18 heavy (non-hydrogen) atoms. The highest BCUT2D eigenvalue weighted by Gasteiger charge is 2.18. The Balaban J connectivity index is 2.17. The molecule has 0 saturated carbocycles. The molecule has 0 spiro atoms. The van der Waals surface area contributed by atoms with E-state index in [-0.39, 0.29) is 0 Å². The Bertz CT molecular complexity index is 534. The van der Waals surface area contributed by atoms with Gasteiger partial charge in [0.05, 0.1) is 11.5 Å². The molecular weight excluding hydrogens is 216 g/mol. The second kappa shape index (κ2) is 4.89. The molecule has 0 radical (unpaired) electrons. The van der Waals surface area contributed by atoms with E-state index in [2.05, 4.69) is 26.7 Å². The molecule has 0 nitrogen and oxygen atoms in total. The predicted octanol–water partition coefficient (Wildman–Crippen LogP) is 4.69. The van der Waals surface area contributed by atoms with E-state index in [1.54, 1.807) is 0 Å². The molecule has 1 aromatic carbocycles. The van der Waals surface area contributed by atoms with Crippen molar-refractivity contribution < 1.29 is 0 Å². The SMILES string of the molecule is C=C1C=C[C+](C(=C)C(=C)c2ccc([CH2-])cc2)C=C1. The summed E-state index contributed by atoms with van der Waals surface area (Å²) in [6, 6.07) is 8.00. The lowest BCUT2D eigenvalue weighted by Gasteiger charge is -2.12. The molecule has 1 aromatic rings. The molecule has 0 aliphatic heterocycles. The highest BCUT2D eigenvalue weighted by Crippen LogP contribution is 2.31. The smallest absolute Gasteiger partial charge is 0.0792 e. The lowest BCUT2D eigenvalue weighted by Crippen LogP contribution is -1.99. The van der Waals surface area contributed by atoms with Gasteiger partial charge < -0.3 is 0 Å². The second-order valence-corrected chi connectivity index (χ2v) is 4.35. The van der Waals surface area contributed by atoms with Gasteiger partial charge in [0.15, 0.2) is 0 Å². The fourth-order valence-electron chi connectivity index (χ4n) is 1.76. The van der Waals surface area contributed by atoms with E-state index in [0.717, 1.165) is 33.8 Å². The third kappa shape index (κ3) is 2.49. The highest BCUT2D eigenvalue weighted by atomic mass is 14.2. The summed E-state index contributed by atoms with van der Waals surface area (Å²) in [6.45, 7) is 16.0. The summed E-state index contributed by atoms with van der Waals surface area (Å²) < 4.78 is 0. The van der Waals surface area contributed by atoms with Crippen LogP contribution >= 0.6 is 0 Å². The summed E-state index contributed by atoms with van der Waals surface area (Å²) in [6.07, 6.45) is 8.00. The molecule has 0 heteroatoms. The number of allylic oxidation sites excluding steroid dienone is 7. The normalized spacial score (nSPS) is 13.8. The van der Waals surface area contributed by atoms with Crippen LogP contribution in [0.4, 0.5) is 0 Å². The molecule has 0 bridgehead atoms. The van der Waals surface area contributed by atoms with E-state index in [9.17, 15) is 0 Å². The quantitative estimate of drug-likeness (QED) is 0.523. The Morgan fingerprint density at radius 1 is 1.00 bits per heavy atom. The Kier molecular flexibility index (Phi) is 3.29. The monoisotopic (exact) mass is 232 g/mol. The van der Waals surface area contributed by atoms with Crippen LogP contribution in [0.1, 0.15) is 11.1 Å². The first kappa shape index (κ1) is 12.1. The van der Waals surface area contributed by atoms with Gasteiger partial charge in [-0.25, -0.2) is 0 Å². The fraction of sp³-hybridized carbons (Fsp3) is 0. The van der Waals surface area contributed by atoms with E-state index in [0.29, 0.717) is 0 Å². The van der Waals surface area contributed by atoms with E-state index in [1.807, 2.05) is 48.6 Å². The van der Waals surface area contributed by atoms with Crippen LogP contribution in [0.2, 0.25) is 0 Å². The Morgan fingerprint density at radius 3 is 2.11 bits per heavy atom. The zero-order valence-corrected chi connectivity index (χ0v) is 10.4. The van der Waals surface area contributed by atoms with Crippen LogP contribution in [-0.2, 0) is 0 Å². The topological polar surface area (TPSA) is 0 Å². The first-order valence-electron chi connectivity index (χ1n) is 5.81. The van der Waals surface area contributed by atoms with Gasteiger partial charge in [-0.05, 0) is 12.1 Å². The number of hydrogen-bond donors (Lipinski definition) is 0. The number of benzene rings is 1. The van der Waals surface area contributed by atoms with Gasteiger partial charge in [0.25, 0.3) is 0 Å². The van der Waals surface area contributed by atoms with Crippen LogP contribution in [-0.4, -0.2) is 0 Å². The summed E-state index contributed by atoms with van der Waals surface area (Å²) in [5.41, 5.74) is 4.95. The van der Waals surface area contributed by atoms with Crippen LogP contribution in [0, 0.1) is 12.8 Å². The molecule has 0 amide bonds. The summed E-state index contributed by atoms with van der Waals surface area (Å²) in [7, 11) is 0. The minimum atomic E-state index is 0.937. The number of rotatable bonds is 3. The molecule has 0 unspecified atom stereocenters. The Morgan fingerprint density at radius 2 is 1.56 bits per heavy atom. The van der Waals surface area contributed by atoms with Gasteiger partial charge in [-0.1, -0.05) is 13.2 Å². The van der Waals surface area contributed by atoms with Gasteiger partial charge >= 0.3 is 0 Å². The molecule has 88 valence electrons. The Hall–Kier alpha value is -2.34. The van der Waals surface area contributed by atoms with Crippen molar-refractivity contribution in [3.8, 4) is 0 Å². The average Bonchev–Trinajstić information content (AvgIpc) is 2.39. The van der Waals surface area contributed by atoms with Crippen molar-refractivity contribution in [1.82, 2.24) is 0 Å². The fourth-order valence-corrected chi connectivity index (χ4v) is 1.76. The van der Waals surface area contributed by atoms with Crippen molar-refractivity contribution in [2.45, 2.75) is 0 Å². The maximum absolute atomic E-state index is 4.12. The van der Waals surface area contributed by atoms with E-state index in [1.165, 1.54) is 0 Å². The largest absolute Gasteiger partial charge is 0.199 e. The molecule has 2 rings (SSSR count). The lowest BCUT2D eigenvalue weighted by molar-refractivity contribution is 1.36. The molecule has 0 N–H and O–H groups in total. The van der Waals surface area contributed by atoms with Crippen molar-refractivity contribution in [3.05, 3.63) is 103 Å². The lowest BCUT2D eigenvalue weighted by atomic mass is 9.87. The third-order valence-electron chi connectivity index (χ3n) is 2.97. The summed E-state index contributed by atoms with van der Waals surface area (Å²) in [5.74, 6) is 1.08. The first-order valence-corrected chi connectivity index (χ1v) is 5.81. The van der Waals surface area contributed by atoms with Gasteiger partial charge in [0.2, 0.25) is 0 Å². The molecule has 0 fully saturated rings. The van der Waals surface area contributed by atoms with Crippen LogP contribution in [0.25, 0.3) is 5.57 Å². The molecular formula is C18H16. The van der Waals surface area contributed by atoms with Crippen LogP contribution < -0.4 is 0 Å². The van der Waals surface area contributed by atoms with Crippen molar-refractivity contribution in [2.24, 2.45) is 0 Å². The predicted molar refractivity (Wildman–Crippen MR) is 79.7 cm³/mol. The van der Waals surface area contributed by atoms with Crippen molar-refractivity contribution in [1.29, 1.82) is 0 Å². The summed E-state index contributed by atoms with van der Waals surface area (Å²) in [5, 5.41) is 0. The molecule has 0 atom stereocenters. The highest BCUT2D eigenvalue weighted by molar-refractivity contribution is 5.82. The van der Waals surface area contributed by atoms with Crippen LogP contribution in [0.3, 0.4) is 0 Å².